The second kappa shape index (κ2) is 10.2. The van der Waals surface area contributed by atoms with Gasteiger partial charge in [-0.25, -0.2) is 0 Å². The van der Waals surface area contributed by atoms with Crippen molar-refractivity contribution in [2.24, 2.45) is 0 Å². The Morgan fingerprint density at radius 2 is 1.85 bits per heavy atom. The molecule has 0 aliphatic carbocycles. The Hall–Kier alpha value is -3.06. The van der Waals surface area contributed by atoms with Crippen molar-refractivity contribution in [2.45, 2.75) is 6.92 Å². The van der Waals surface area contributed by atoms with E-state index in [9.17, 15) is 9.59 Å². The third kappa shape index (κ3) is 6.31. The van der Waals surface area contributed by atoms with Crippen LogP contribution in [0.15, 0.2) is 42.5 Å². The fraction of sp³-hybridized carbons (Fsp3) is 0.300. The van der Waals surface area contributed by atoms with Crippen molar-refractivity contribution in [1.29, 1.82) is 0 Å². The average molecular weight is 372 g/mol. The van der Waals surface area contributed by atoms with Gasteiger partial charge in [-0.3, -0.25) is 9.59 Å². The molecule has 2 aromatic rings. The van der Waals surface area contributed by atoms with Gasteiger partial charge in [-0.05, 0) is 42.8 Å². The van der Waals surface area contributed by atoms with Crippen LogP contribution in [0.3, 0.4) is 0 Å². The monoisotopic (exact) mass is 372 g/mol. The van der Waals surface area contributed by atoms with Crippen molar-refractivity contribution in [2.75, 3.05) is 39.3 Å². The Kier molecular flexibility index (Phi) is 7.63. The molecule has 0 atom stereocenters. The van der Waals surface area contributed by atoms with Gasteiger partial charge in [0.1, 0.15) is 0 Å². The lowest BCUT2D eigenvalue weighted by molar-refractivity contribution is -0.118. The maximum Gasteiger partial charge on any atom is 0.262 e. The van der Waals surface area contributed by atoms with E-state index in [2.05, 4.69) is 10.6 Å². The number of hydrogen-bond donors (Lipinski definition) is 2. The number of methoxy groups -OCH3 is 2. The number of carbonyl (C=O) groups excluding carboxylic acids is 2. The first-order valence-electron chi connectivity index (χ1n) is 8.48. The van der Waals surface area contributed by atoms with Gasteiger partial charge in [0, 0.05) is 24.9 Å². The Balaban J connectivity index is 1.92. The minimum absolute atomic E-state index is 0.177. The summed E-state index contributed by atoms with van der Waals surface area (Å²) >= 11 is 0. The standard InChI is InChI=1S/C20H24N2O5/c1-14-7-8-17(18(11-14)26-3)27-13-19(23)22-16-6-4-5-15(12-16)20(24)21-9-10-25-2/h4-8,11-12H,9-10,13H2,1-3H3,(H,21,24)(H,22,23). The van der Waals surface area contributed by atoms with E-state index < -0.39 is 0 Å². The third-order valence-electron chi connectivity index (χ3n) is 3.68. The normalized spacial score (nSPS) is 10.2. The number of nitrogens with one attached hydrogen (secondary N) is 2. The molecule has 0 aromatic heterocycles. The van der Waals surface area contributed by atoms with Gasteiger partial charge in [0.25, 0.3) is 11.8 Å². The van der Waals surface area contributed by atoms with E-state index in [0.29, 0.717) is 35.9 Å². The fourth-order valence-electron chi connectivity index (χ4n) is 2.34. The summed E-state index contributed by atoms with van der Waals surface area (Å²) in [6.07, 6.45) is 0. The molecule has 7 heteroatoms. The van der Waals surface area contributed by atoms with Gasteiger partial charge >= 0.3 is 0 Å². The van der Waals surface area contributed by atoms with Crippen molar-refractivity contribution in [3.63, 3.8) is 0 Å². The molecule has 0 unspecified atom stereocenters. The lowest BCUT2D eigenvalue weighted by atomic mass is 10.2. The predicted molar refractivity (Wildman–Crippen MR) is 103 cm³/mol. The molecule has 7 nitrogen and oxygen atoms in total. The molecule has 0 bridgehead atoms. The SMILES string of the molecule is COCCNC(=O)c1cccc(NC(=O)COc2ccc(C)cc2OC)c1. The van der Waals surface area contributed by atoms with Crippen LogP contribution in [0, 0.1) is 6.92 Å². The lowest BCUT2D eigenvalue weighted by Crippen LogP contribution is -2.27. The van der Waals surface area contributed by atoms with Gasteiger partial charge in [0.15, 0.2) is 18.1 Å². The molecule has 0 saturated carbocycles. The van der Waals surface area contributed by atoms with E-state index in [4.69, 9.17) is 14.2 Å². The molecule has 2 aromatic carbocycles. The maximum absolute atomic E-state index is 12.2. The van der Waals surface area contributed by atoms with Crippen LogP contribution in [0.2, 0.25) is 0 Å². The average Bonchev–Trinajstić information content (AvgIpc) is 2.67. The smallest absolute Gasteiger partial charge is 0.262 e. The Labute approximate surface area is 158 Å². The topological polar surface area (TPSA) is 85.9 Å². The second-order valence-electron chi connectivity index (χ2n) is 5.82. The minimum atomic E-state index is -0.338. The molecule has 0 fully saturated rings. The molecule has 0 spiro atoms. The molecule has 2 rings (SSSR count). The Morgan fingerprint density at radius 3 is 2.59 bits per heavy atom. The van der Waals surface area contributed by atoms with Crippen LogP contribution in [0.4, 0.5) is 5.69 Å². The molecule has 0 aliphatic heterocycles. The number of anilines is 1. The number of amides is 2. The summed E-state index contributed by atoms with van der Waals surface area (Å²) in [4.78, 5) is 24.2. The van der Waals surface area contributed by atoms with Crippen LogP contribution >= 0.6 is 0 Å². The number of rotatable bonds is 9. The van der Waals surface area contributed by atoms with Gasteiger partial charge < -0.3 is 24.8 Å². The van der Waals surface area contributed by atoms with Crippen molar-refractivity contribution in [3.8, 4) is 11.5 Å². The summed E-state index contributed by atoms with van der Waals surface area (Å²) in [6.45, 7) is 2.61. The summed E-state index contributed by atoms with van der Waals surface area (Å²) in [5, 5.41) is 5.44. The molecule has 2 amide bonds. The van der Waals surface area contributed by atoms with Gasteiger partial charge in [-0.1, -0.05) is 12.1 Å². The molecule has 0 saturated heterocycles. The number of hydrogen-bond acceptors (Lipinski definition) is 5. The molecule has 0 aliphatic rings. The lowest BCUT2D eigenvalue weighted by Gasteiger charge is -2.12. The first kappa shape index (κ1) is 20.3. The molecule has 2 N–H and O–H groups in total. The van der Waals surface area contributed by atoms with Crippen LogP contribution in [0.25, 0.3) is 0 Å². The van der Waals surface area contributed by atoms with Crippen LogP contribution in [-0.4, -0.2) is 45.8 Å². The highest BCUT2D eigenvalue weighted by atomic mass is 16.5. The van der Waals surface area contributed by atoms with Crippen LogP contribution < -0.4 is 20.1 Å². The molecule has 0 heterocycles. The van der Waals surface area contributed by atoms with Crippen molar-refractivity contribution in [1.82, 2.24) is 5.32 Å². The zero-order valence-corrected chi connectivity index (χ0v) is 15.7. The van der Waals surface area contributed by atoms with E-state index in [-0.39, 0.29) is 18.4 Å². The number of ether oxygens (including phenoxy) is 3. The van der Waals surface area contributed by atoms with Gasteiger partial charge in [0.2, 0.25) is 0 Å². The van der Waals surface area contributed by atoms with Crippen molar-refractivity contribution < 1.29 is 23.8 Å². The van der Waals surface area contributed by atoms with Crippen LogP contribution in [0.5, 0.6) is 11.5 Å². The van der Waals surface area contributed by atoms with E-state index in [0.717, 1.165) is 5.56 Å². The molecule has 0 radical (unpaired) electrons. The highest BCUT2D eigenvalue weighted by Crippen LogP contribution is 2.27. The maximum atomic E-state index is 12.2. The molecule has 144 valence electrons. The van der Waals surface area contributed by atoms with E-state index >= 15 is 0 Å². The highest BCUT2D eigenvalue weighted by molar-refractivity contribution is 5.97. The quantitative estimate of drug-likeness (QED) is 0.660. The predicted octanol–water partition coefficient (Wildman–Crippen LogP) is 2.40. The number of aryl methyl sites for hydroxylation is 1. The van der Waals surface area contributed by atoms with Gasteiger partial charge in [-0.15, -0.1) is 0 Å². The summed E-state index contributed by atoms with van der Waals surface area (Å²) < 4.78 is 15.7. The van der Waals surface area contributed by atoms with Crippen molar-refractivity contribution >= 4 is 17.5 Å². The summed E-state index contributed by atoms with van der Waals surface area (Å²) in [5.74, 6) is 0.486. The van der Waals surface area contributed by atoms with E-state index in [1.165, 1.54) is 0 Å². The van der Waals surface area contributed by atoms with Crippen molar-refractivity contribution in [3.05, 3.63) is 53.6 Å². The highest BCUT2D eigenvalue weighted by Gasteiger charge is 2.10. The number of carbonyl (C=O) groups is 2. The first-order valence-corrected chi connectivity index (χ1v) is 8.48. The largest absolute Gasteiger partial charge is 0.493 e. The Bertz CT molecular complexity index is 792. The number of benzene rings is 2. The zero-order valence-electron chi connectivity index (χ0n) is 15.7. The van der Waals surface area contributed by atoms with E-state index in [1.807, 2.05) is 19.1 Å². The first-order chi connectivity index (χ1) is 13.0. The molecular formula is C20H24N2O5. The van der Waals surface area contributed by atoms with E-state index in [1.54, 1.807) is 44.6 Å². The molecule has 27 heavy (non-hydrogen) atoms. The summed E-state index contributed by atoms with van der Waals surface area (Å²) in [6, 6.07) is 12.1. The Morgan fingerprint density at radius 1 is 1.04 bits per heavy atom. The van der Waals surface area contributed by atoms with Gasteiger partial charge in [-0.2, -0.15) is 0 Å². The van der Waals surface area contributed by atoms with Gasteiger partial charge in [0.05, 0.1) is 13.7 Å². The minimum Gasteiger partial charge on any atom is -0.493 e. The fourth-order valence-corrected chi connectivity index (χ4v) is 2.34. The second-order valence-corrected chi connectivity index (χ2v) is 5.82. The third-order valence-corrected chi connectivity index (χ3v) is 3.68. The molecular weight excluding hydrogens is 348 g/mol. The summed E-state index contributed by atoms with van der Waals surface area (Å²) in [5.41, 5.74) is 1.99. The van der Waals surface area contributed by atoms with Crippen LogP contribution in [0.1, 0.15) is 15.9 Å². The summed E-state index contributed by atoms with van der Waals surface area (Å²) in [7, 11) is 3.11. The zero-order chi connectivity index (χ0) is 19.6. The van der Waals surface area contributed by atoms with Crippen LogP contribution in [-0.2, 0) is 9.53 Å².